The van der Waals surface area contributed by atoms with Crippen LogP contribution in [0, 0.1) is 6.92 Å². The van der Waals surface area contributed by atoms with Crippen molar-refractivity contribution in [1.82, 2.24) is 14.5 Å². The summed E-state index contributed by atoms with van der Waals surface area (Å²) in [5, 5.41) is 2.00. The van der Waals surface area contributed by atoms with Crippen molar-refractivity contribution in [2.24, 2.45) is 0 Å². The third-order valence-corrected chi connectivity index (χ3v) is 4.54. The molecule has 3 aromatic heterocycles. The number of pyridine rings is 2. The first-order chi connectivity index (χ1) is 11.6. The summed E-state index contributed by atoms with van der Waals surface area (Å²) in [7, 11) is 0. The van der Waals surface area contributed by atoms with Crippen LogP contribution in [-0.2, 0) is 0 Å². The quantitative estimate of drug-likeness (QED) is 0.473. The fourth-order valence-electron chi connectivity index (χ4n) is 2.95. The molecule has 0 bridgehead atoms. The Morgan fingerprint density at radius 2 is 1.83 bits per heavy atom. The smallest absolute Gasteiger partial charge is 0.284 e. The van der Waals surface area contributed by atoms with E-state index in [1.807, 2.05) is 19.1 Å². The van der Waals surface area contributed by atoms with Crippen molar-refractivity contribution >= 4 is 33.4 Å². The lowest BCUT2D eigenvalue weighted by Gasteiger charge is -2.07. The normalized spacial score (nSPS) is 11.7. The highest BCUT2D eigenvalue weighted by Crippen LogP contribution is 2.35. The summed E-state index contributed by atoms with van der Waals surface area (Å²) in [6.45, 7) is -0.820. The van der Waals surface area contributed by atoms with Crippen LogP contribution in [-0.4, -0.2) is 14.5 Å². The lowest BCUT2D eigenvalue weighted by molar-refractivity contribution is 0.0796. The van der Waals surface area contributed by atoms with Crippen molar-refractivity contribution in [1.29, 1.82) is 0 Å². The van der Waals surface area contributed by atoms with Crippen LogP contribution in [0.25, 0.3) is 32.9 Å². The number of aromatic nitrogens is 3. The Kier molecular flexibility index (Phi) is 3.46. The first-order valence-corrected chi connectivity index (χ1v) is 7.72. The zero-order valence-electron chi connectivity index (χ0n) is 12.7. The summed E-state index contributed by atoms with van der Waals surface area (Å²) in [5.41, 5.74) is 3.23. The van der Waals surface area contributed by atoms with E-state index in [9.17, 15) is 8.78 Å². The number of aryl methyl sites for hydroxylation is 1. The molecule has 6 heteroatoms. The van der Waals surface area contributed by atoms with Crippen molar-refractivity contribution in [3.63, 3.8) is 0 Å². The predicted octanol–water partition coefficient (Wildman–Crippen LogP) is 5.61. The topological polar surface area (TPSA) is 30.7 Å². The maximum absolute atomic E-state index is 13.6. The van der Waals surface area contributed by atoms with E-state index in [1.165, 1.54) is 6.20 Å². The molecule has 0 unspecified atom stereocenters. The molecule has 4 rings (SSSR count). The Bertz CT molecular complexity index is 1070. The van der Waals surface area contributed by atoms with E-state index in [-0.39, 0.29) is 0 Å². The molecular formula is C18H12ClF2N3. The molecule has 3 heterocycles. The molecule has 0 amide bonds. The first kappa shape index (κ1) is 15.0. The van der Waals surface area contributed by atoms with Crippen molar-refractivity contribution < 1.29 is 8.78 Å². The highest BCUT2D eigenvalue weighted by Gasteiger charge is 2.17. The van der Waals surface area contributed by atoms with Gasteiger partial charge in [-0.1, -0.05) is 23.7 Å². The maximum atomic E-state index is 13.6. The fraction of sp³-hybridized carbons (Fsp3) is 0.111. The number of hydrogen-bond donors (Lipinski definition) is 0. The Balaban J connectivity index is 2.02. The molecule has 0 radical (unpaired) electrons. The van der Waals surface area contributed by atoms with Gasteiger partial charge in [0.05, 0.1) is 21.7 Å². The number of nitrogens with zero attached hydrogens (tertiary/aromatic N) is 3. The summed E-state index contributed by atoms with van der Waals surface area (Å²) in [4.78, 5) is 8.29. The number of halogens is 3. The summed E-state index contributed by atoms with van der Waals surface area (Å²) in [5.74, 6) is 0. The summed E-state index contributed by atoms with van der Waals surface area (Å²) in [6.07, 6.45) is 4.82. The van der Waals surface area contributed by atoms with Crippen LogP contribution in [0.15, 0.2) is 48.9 Å². The fourth-order valence-corrected chi connectivity index (χ4v) is 3.11. The molecule has 0 spiro atoms. The van der Waals surface area contributed by atoms with Crippen LogP contribution < -0.4 is 0 Å². The third-order valence-electron chi connectivity index (χ3n) is 4.16. The van der Waals surface area contributed by atoms with Gasteiger partial charge in [-0.3, -0.25) is 14.5 Å². The second kappa shape index (κ2) is 5.53. The van der Waals surface area contributed by atoms with Gasteiger partial charge in [-0.05, 0) is 30.7 Å². The molecule has 0 atom stereocenters. The van der Waals surface area contributed by atoms with E-state index in [2.05, 4.69) is 9.97 Å². The molecule has 0 N–H and O–H groups in total. The van der Waals surface area contributed by atoms with Gasteiger partial charge in [-0.2, -0.15) is 8.78 Å². The van der Waals surface area contributed by atoms with Crippen molar-refractivity contribution in [2.75, 3.05) is 0 Å². The van der Waals surface area contributed by atoms with Gasteiger partial charge >= 0.3 is 6.55 Å². The number of benzene rings is 1. The minimum atomic E-state index is -2.64. The molecule has 24 heavy (non-hydrogen) atoms. The van der Waals surface area contributed by atoms with Crippen molar-refractivity contribution in [3.05, 3.63) is 59.6 Å². The monoisotopic (exact) mass is 343 g/mol. The van der Waals surface area contributed by atoms with Crippen LogP contribution in [0.3, 0.4) is 0 Å². The van der Waals surface area contributed by atoms with E-state index in [0.717, 1.165) is 26.8 Å². The van der Waals surface area contributed by atoms with E-state index in [4.69, 9.17) is 11.6 Å². The summed E-state index contributed by atoms with van der Waals surface area (Å²) >= 11 is 6.13. The van der Waals surface area contributed by atoms with Crippen molar-refractivity contribution in [2.45, 2.75) is 13.5 Å². The van der Waals surface area contributed by atoms with Gasteiger partial charge in [0, 0.05) is 34.9 Å². The molecular weight excluding hydrogens is 332 g/mol. The average Bonchev–Trinajstić information content (AvgIpc) is 2.91. The van der Waals surface area contributed by atoms with Gasteiger partial charge in [0.2, 0.25) is 0 Å². The predicted molar refractivity (Wildman–Crippen MR) is 91.5 cm³/mol. The molecule has 3 nitrogen and oxygen atoms in total. The lowest BCUT2D eigenvalue weighted by atomic mass is 10.1. The highest BCUT2D eigenvalue weighted by molar-refractivity contribution is 6.31. The molecule has 120 valence electrons. The zero-order chi connectivity index (χ0) is 16.8. The van der Waals surface area contributed by atoms with E-state index < -0.39 is 6.55 Å². The summed E-state index contributed by atoms with van der Waals surface area (Å²) < 4.78 is 28.3. The molecule has 0 aliphatic rings. The summed E-state index contributed by atoms with van der Waals surface area (Å²) in [6, 6.07) is 8.85. The van der Waals surface area contributed by atoms with E-state index in [1.54, 1.807) is 30.6 Å². The Morgan fingerprint density at radius 1 is 1.00 bits per heavy atom. The molecule has 0 aliphatic heterocycles. The van der Waals surface area contributed by atoms with Crippen LogP contribution in [0.2, 0.25) is 5.02 Å². The number of hydrogen-bond acceptors (Lipinski definition) is 2. The number of rotatable bonds is 2. The molecule has 4 aromatic rings. The van der Waals surface area contributed by atoms with Crippen LogP contribution in [0.4, 0.5) is 8.78 Å². The highest BCUT2D eigenvalue weighted by atomic mass is 35.5. The van der Waals surface area contributed by atoms with Gasteiger partial charge in [-0.25, -0.2) is 0 Å². The number of alkyl halides is 2. The SMILES string of the molecule is Cc1ncc(-c2ccc3c4cnccc4n(C(F)F)c3c2)cc1Cl. The molecule has 0 fully saturated rings. The molecule has 0 aliphatic carbocycles. The van der Waals surface area contributed by atoms with Gasteiger partial charge in [0.1, 0.15) is 0 Å². The van der Waals surface area contributed by atoms with Crippen molar-refractivity contribution in [3.8, 4) is 11.1 Å². The zero-order valence-corrected chi connectivity index (χ0v) is 13.4. The van der Waals surface area contributed by atoms with Crippen LogP contribution in [0.5, 0.6) is 0 Å². The standard InChI is InChI=1S/C18H12ClF2N3/c1-10-15(19)6-12(8-23-10)11-2-3-13-14-9-22-5-4-16(14)24(18(20)21)17(13)7-11/h2-9,18H,1H3. The second-order valence-corrected chi connectivity index (χ2v) is 5.97. The Labute approximate surface area is 141 Å². The first-order valence-electron chi connectivity index (χ1n) is 7.34. The molecule has 0 saturated heterocycles. The molecule has 1 aromatic carbocycles. The lowest BCUT2D eigenvalue weighted by Crippen LogP contribution is -1.97. The van der Waals surface area contributed by atoms with Crippen LogP contribution >= 0.6 is 11.6 Å². The molecule has 0 saturated carbocycles. The van der Waals surface area contributed by atoms with Gasteiger partial charge in [0.25, 0.3) is 0 Å². The minimum absolute atomic E-state index is 0.460. The van der Waals surface area contributed by atoms with Crippen LogP contribution in [0.1, 0.15) is 12.2 Å². The second-order valence-electron chi connectivity index (χ2n) is 5.56. The van der Waals surface area contributed by atoms with Gasteiger partial charge in [-0.15, -0.1) is 0 Å². The Hall–Kier alpha value is -2.53. The minimum Gasteiger partial charge on any atom is -0.284 e. The average molecular weight is 344 g/mol. The Morgan fingerprint density at radius 3 is 2.58 bits per heavy atom. The van der Waals surface area contributed by atoms with E-state index >= 15 is 0 Å². The van der Waals surface area contributed by atoms with E-state index in [0.29, 0.717) is 21.4 Å². The largest absolute Gasteiger partial charge is 0.319 e. The maximum Gasteiger partial charge on any atom is 0.319 e. The van der Waals surface area contributed by atoms with Gasteiger partial charge in [0.15, 0.2) is 0 Å². The number of fused-ring (bicyclic) bond motifs is 3. The third kappa shape index (κ3) is 2.24. The van der Waals surface area contributed by atoms with Gasteiger partial charge < -0.3 is 0 Å².